The van der Waals surface area contributed by atoms with Crippen molar-refractivity contribution in [2.75, 3.05) is 6.61 Å². The molecule has 0 aliphatic carbocycles. The van der Waals surface area contributed by atoms with Crippen LogP contribution in [-0.4, -0.2) is 34.9 Å². The Bertz CT molecular complexity index is 310. The molecule has 0 aliphatic rings. The van der Waals surface area contributed by atoms with Crippen LogP contribution in [0.25, 0.3) is 0 Å². The third kappa shape index (κ3) is 15.6. The number of aliphatic hydroxyl groups is 2. The number of unbranched alkanes of at least 4 members (excludes halogenated alkanes) is 12. The van der Waals surface area contributed by atoms with Crippen molar-refractivity contribution in [2.24, 2.45) is 0 Å². The summed E-state index contributed by atoms with van der Waals surface area (Å²) in [6, 6.07) is -0.522. The molecule has 26 heavy (non-hydrogen) atoms. The minimum atomic E-state index is -0.645. The van der Waals surface area contributed by atoms with Gasteiger partial charge in [-0.05, 0) is 12.8 Å². The predicted molar refractivity (Wildman–Crippen MR) is 110 cm³/mol. The number of hydrogen-bond donors (Lipinski definition) is 3. The molecule has 4 heteroatoms. The Balaban J connectivity index is 3.46. The van der Waals surface area contributed by atoms with E-state index in [0.29, 0.717) is 12.8 Å². The normalized spacial score (nSPS) is 13.5. The summed E-state index contributed by atoms with van der Waals surface area (Å²) in [7, 11) is 0. The Morgan fingerprint density at radius 3 is 1.65 bits per heavy atom. The van der Waals surface area contributed by atoms with Crippen molar-refractivity contribution < 1.29 is 15.0 Å². The van der Waals surface area contributed by atoms with Crippen LogP contribution in [0.1, 0.15) is 117 Å². The molecule has 0 saturated carbocycles. The molecule has 0 aromatic heterocycles. The molecule has 0 bridgehead atoms. The fourth-order valence-electron chi connectivity index (χ4n) is 3.34. The van der Waals surface area contributed by atoms with Crippen LogP contribution >= 0.6 is 0 Å². The first-order chi connectivity index (χ1) is 12.7. The summed E-state index contributed by atoms with van der Waals surface area (Å²) in [5.74, 6) is -0.0871. The van der Waals surface area contributed by atoms with E-state index in [1.54, 1.807) is 0 Å². The average Bonchev–Trinajstić information content (AvgIpc) is 2.63. The van der Waals surface area contributed by atoms with E-state index in [9.17, 15) is 15.0 Å². The second kappa shape index (κ2) is 19.2. The topological polar surface area (TPSA) is 69.6 Å². The quantitative estimate of drug-likeness (QED) is 0.276. The number of hydrogen-bond acceptors (Lipinski definition) is 3. The lowest BCUT2D eigenvalue weighted by Crippen LogP contribution is -2.45. The van der Waals surface area contributed by atoms with E-state index in [-0.39, 0.29) is 12.5 Å². The van der Waals surface area contributed by atoms with Gasteiger partial charge in [0.2, 0.25) is 5.91 Å². The second-order valence-corrected chi connectivity index (χ2v) is 7.71. The van der Waals surface area contributed by atoms with Gasteiger partial charge in [-0.2, -0.15) is 0 Å². The summed E-state index contributed by atoms with van der Waals surface area (Å²) < 4.78 is 0. The van der Waals surface area contributed by atoms with Crippen molar-refractivity contribution in [1.29, 1.82) is 0 Å². The van der Waals surface area contributed by atoms with E-state index >= 15 is 0 Å². The molecule has 0 heterocycles. The second-order valence-electron chi connectivity index (χ2n) is 7.71. The van der Waals surface area contributed by atoms with Crippen molar-refractivity contribution in [3.8, 4) is 0 Å². The van der Waals surface area contributed by atoms with E-state index in [1.165, 1.54) is 70.6 Å². The Labute approximate surface area is 162 Å². The zero-order valence-electron chi connectivity index (χ0n) is 17.5. The maximum Gasteiger partial charge on any atom is 0.220 e. The molecule has 0 radical (unpaired) electrons. The molecule has 0 aromatic rings. The summed E-state index contributed by atoms with van der Waals surface area (Å²) in [5, 5.41) is 22.2. The predicted octanol–water partition coefficient (Wildman–Crippen LogP) is 5.11. The highest BCUT2D eigenvalue weighted by Gasteiger charge is 2.19. The average molecular weight is 372 g/mol. The van der Waals surface area contributed by atoms with Gasteiger partial charge in [0, 0.05) is 6.42 Å². The number of carbonyl (C=O) groups excluding carboxylic acids is 1. The summed E-state index contributed by atoms with van der Waals surface area (Å²) >= 11 is 0. The van der Waals surface area contributed by atoms with Crippen molar-refractivity contribution in [2.45, 2.75) is 129 Å². The summed E-state index contributed by atoms with van der Waals surface area (Å²) in [4.78, 5) is 11.6. The molecule has 0 saturated heterocycles. The van der Waals surface area contributed by atoms with Crippen LogP contribution in [0.5, 0.6) is 0 Å². The molecule has 3 N–H and O–H groups in total. The van der Waals surface area contributed by atoms with Crippen LogP contribution in [0, 0.1) is 0 Å². The van der Waals surface area contributed by atoms with Crippen molar-refractivity contribution in [1.82, 2.24) is 5.32 Å². The number of nitrogens with one attached hydrogen (secondary N) is 1. The lowest BCUT2D eigenvalue weighted by molar-refractivity contribution is -0.123. The molecule has 0 fully saturated rings. The van der Waals surface area contributed by atoms with Crippen LogP contribution < -0.4 is 5.32 Å². The van der Waals surface area contributed by atoms with Crippen molar-refractivity contribution in [3.63, 3.8) is 0 Å². The van der Waals surface area contributed by atoms with Gasteiger partial charge in [0.05, 0.1) is 18.8 Å². The first-order valence-electron chi connectivity index (χ1n) is 11.2. The molecule has 0 spiro atoms. The minimum absolute atomic E-state index is 0.0871. The molecule has 4 nitrogen and oxygen atoms in total. The van der Waals surface area contributed by atoms with Gasteiger partial charge in [-0.25, -0.2) is 0 Å². The maximum atomic E-state index is 11.6. The summed E-state index contributed by atoms with van der Waals surface area (Å²) in [5.41, 5.74) is 0. The lowest BCUT2D eigenvalue weighted by Gasteiger charge is -2.22. The summed E-state index contributed by atoms with van der Waals surface area (Å²) in [6.07, 6.45) is 18.2. The zero-order chi connectivity index (χ0) is 19.5. The van der Waals surface area contributed by atoms with Crippen molar-refractivity contribution >= 4 is 5.91 Å². The highest BCUT2D eigenvalue weighted by molar-refractivity contribution is 5.76. The lowest BCUT2D eigenvalue weighted by atomic mass is 10.0. The van der Waals surface area contributed by atoms with Crippen LogP contribution in [-0.2, 0) is 4.79 Å². The molecule has 0 rings (SSSR count). The molecule has 2 atom stereocenters. The van der Waals surface area contributed by atoms with E-state index in [1.807, 2.05) is 6.92 Å². The van der Waals surface area contributed by atoms with Crippen LogP contribution in [0.2, 0.25) is 0 Å². The van der Waals surface area contributed by atoms with E-state index in [2.05, 4.69) is 12.2 Å². The fraction of sp³-hybridized carbons (Fsp3) is 0.955. The van der Waals surface area contributed by atoms with Gasteiger partial charge in [0.25, 0.3) is 0 Å². The monoisotopic (exact) mass is 371 g/mol. The Morgan fingerprint density at radius 2 is 1.23 bits per heavy atom. The number of rotatable bonds is 19. The van der Waals surface area contributed by atoms with E-state index in [0.717, 1.165) is 19.3 Å². The third-order valence-corrected chi connectivity index (χ3v) is 5.09. The van der Waals surface area contributed by atoms with Gasteiger partial charge in [-0.1, -0.05) is 97.3 Å². The maximum absolute atomic E-state index is 11.6. The van der Waals surface area contributed by atoms with Gasteiger partial charge < -0.3 is 15.5 Å². The smallest absolute Gasteiger partial charge is 0.220 e. The van der Waals surface area contributed by atoms with Gasteiger partial charge in [-0.15, -0.1) is 0 Å². The van der Waals surface area contributed by atoms with Gasteiger partial charge in [0.1, 0.15) is 0 Å². The van der Waals surface area contributed by atoms with Crippen LogP contribution in [0.15, 0.2) is 0 Å². The van der Waals surface area contributed by atoms with Crippen LogP contribution in [0.4, 0.5) is 0 Å². The Kier molecular flexibility index (Phi) is 18.7. The Morgan fingerprint density at radius 1 is 0.769 bits per heavy atom. The molecule has 156 valence electrons. The standard InChI is InChI=1S/C22H45NO3/c1-3-5-6-7-8-9-10-11-12-13-14-15-16-18-21(25)20(19-24)23-22(26)17-4-2/h20-21,24-25H,3-19H2,1-2H3,(H,23,26)/t20-,21+/m0/s1. The molecule has 0 unspecified atom stereocenters. The zero-order valence-corrected chi connectivity index (χ0v) is 17.5. The minimum Gasteiger partial charge on any atom is -0.394 e. The van der Waals surface area contributed by atoms with Crippen LogP contribution in [0.3, 0.4) is 0 Å². The van der Waals surface area contributed by atoms with Gasteiger partial charge >= 0.3 is 0 Å². The summed E-state index contributed by atoms with van der Waals surface area (Å²) in [6.45, 7) is 4.00. The number of aliphatic hydroxyl groups excluding tert-OH is 2. The first-order valence-corrected chi connectivity index (χ1v) is 11.2. The molecule has 1 amide bonds. The largest absolute Gasteiger partial charge is 0.394 e. The first kappa shape index (κ1) is 25.4. The molecule has 0 aromatic carbocycles. The Hall–Kier alpha value is -0.610. The molecule has 0 aliphatic heterocycles. The number of carbonyl (C=O) groups is 1. The highest BCUT2D eigenvalue weighted by atomic mass is 16.3. The fourth-order valence-corrected chi connectivity index (χ4v) is 3.34. The SMILES string of the molecule is CCCCCCCCCCCCCCC[C@@H](O)[C@H](CO)NC(=O)CCC. The van der Waals surface area contributed by atoms with Crippen molar-refractivity contribution in [3.05, 3.63) is 0 Å². The van der Waals surface area contributed by atoms with Gasteiger partial charge in [0.15, 0.2) is 0 Å². The highest BCUT2D eigenvalue weighted by Crippen LogP contribution is 2.14. The number of amides is 1. The third-order valence-electron chi connectivity index (χ3n) is 5.09. The van der Waals surface area contributed by atoms with E-state index in [4.69, 9.17) is 0 Å². The van der Waals surface area contributed by atoms with Gasteiger partial charge in [-0.3, -0.25) is 4.79 Å². The molecular formula is C22H45NO3. The van der Waals surface area contributed by atoms with E-state index < -0.39 is 12.1 Å². The molecular weight excluding hydrogens is 326 g/mol.